The number of rotatable bonds is 3. The van der Waals surface area contributed by atoms with Gasteiger partial charge in [0.1, 0.15) is 17.1 Å². The van der Waals surface area contributed by atoms with Crippen LogP contribution >= 0.6 is 0 Å². The third-order valence-corrected chi connectivity index (χ3v) is 3.25. The predicted molar refractivity (Wildman–Crippen MR) is 82.9 cm³/mol. The summed E-state index contributed by atoms with van der Waals surface area (Å²) in [5.74, 6) is 1.72. The number of ether oxygens (including phenoxy) is 1. The Kier molecular flexibility index (Phi) is 3.30. The van der Waals surface area contributed by atoms with Gasteiger partial charge in [0.25, 0.3) is 0 Å². The molecule has 2 aromatic carbocycles. The first kappa shape index (κ1) is 12.5. The molecule has 20 heavy (non-hydrogen) atoms. The minimum Gasteiger partial charge on any atom is -0.497 e. The summed E-state index contributed by atoms with van der Waals surface area (Å²) in [5.41, 5.74) is 3.25. The van der Waals surface area contributed by atoms with Crippen molar-refractivity contribution in [2.24, 2.45) is 0 Å². The van der Waals surface area contributed by atoms with E-state index in [1.807, 2.05) is 36.4 Å². The summed E-state index contributed by atoms with van der Waals surface area (Å²) in [6.45, 7) is 2.06. The average Bonchev–Trinajstić information content (AvgIpc) is 2.87. The number of fused-ring (bicyclic) bond motifs is 1. The highest BCUT2D eigenvalue weighted by molar-refractivity contribution is 5.82. The Labute approximate surface area is 118 Å². The van der Waals surface area contributed by atoms with E-state index in [1.165, 1.54) is 5.56 Å². The molecular weight excluding hydrogens is 248 g/mol. The topological polar surface area (TPSA) is 22.4 Å². The van der Waals surface area contributed by atoms with Crippen LogP contribution in [-0.2, 0) is 0 Å². The fraction of sp³-hybridized carbons (Fsp3) is 0.111. The monoisotopic (exact) mass is 264 g/mol. The lowest BCUT2D eigenvalue weighted by Gasteiger charge is -1.98. The fourth-order valence-corrected chi connectivity index (χ4v) is 2.13. The Morgan fingerprint density at radius 1 is 0.950 bits per heavy atom. The molecule has 0 saturated heterocycles. The van der Waals surface area contributed by atoms with Crippen molar-refractivity contribution >= 4 is 23.1 Å². The number of hydrogen-bond donors (Lipinski definition) is 0. The van der Waals surface area contributed by atoms with Gasteiger partial charge in [-0.2, -0.15) is 0 Å². The lowest BCUT2D eigenvalue weighted by atomic mass is 10.2. The zero-order valence-electron chi connectivity index (χ0n) is 11.6. The normalized spacial score (nSPS) is 11.3. The summed E-state index contributed by atoms with van der Waals surface area (Å²) in [7, 11) is 1.67. The maximum Gasteiger partial charge on any atom is 0.135 e. The molecule has 0 atom stereocenters. The van der Waals surface area contributed by atoms with Crippen molar-refractivity contribution in [1.82, 2.24) is 0 Å². The maximum atomic E-state index is 5.80. The Morgan fingerprint density at radius 2 is 1.75 bits per heavy atom. The highest BCUT2D eigenvalue weighted by atomic mass is 16.5. The first-order chi connectivity index (χ1) is 9.74. The molecule has 3 rings (SSSR count). The molecule has 0 aliphatic heterocycles. The summed E-state index contributed by atoms with van der Waals surface area (Å²) >= 11 is 0. The average molecular weight is 264 g/mol. The second-order valence-electron chi connectivity index (χ2n) is 4.80. The maximum absolute atomic E-state index is 5.80. The number of aryl methyl sites for hydroxylation is 1. The van der Waals surface area contributed by atoms with Crippen LogP contribution in [0.1, 0.15) is 16.9 Å². The first-order valence-corrected chi connectivity index (χ1v) is 6.57. The van der Waals surface area contributed by atoms with Crippen LogP contribution < -0.4 is 4.74 Å². The van der Waals surface area contributed by atoms with E-state index in [0.29, 0.717) is 0 Å². The first-order valence-electron chi connectivity index (χ1n) is 6.57. The van der Waals surface area contributed by atoms with Crippen LogP contribution in [0.3, 0.4) is 0 Å². The number of methoxy groups -OCH3 is 1. The Morgan fingerprint density at radius 3 is 2.50 bits per heavy atom. The van der Waals surface area contributed by atoms with E-state index in [4.69, 9.17) is 9.15 Å². The van der Waals surface area contributed by atoms with Gasteiger partial charge in [-0.25, -0.2) is 0 Å². The smallest absolute Gasteiger partial charge is 0.135 e. The Balaban J connectivity index is 1.85. The van der Waals surface area contributed by atoms with Gasteiger partial charge in [0, 0.05) is 5.39 Å². The quantitative estimate of drug-likeness (QED) is 0.670. The van der Waals surface area contributed by atoms with Crippen molar-refractivity contribution in [3.05, 3.63) is 65.4 Å². The fourth-order valence-electron chi connectivity index (χ4n) is 2.13. The van der Waals surface area contributed by atoms with Crippen molar-refractivity contribution in [1.29, 1.82) is 0 Å². The van der Waals surface area contributed by atoms with Gasteiger partial charge in [-0.15, -0.1) is 0 Å². The van der Waals surface area contributed by atoms with Crippen LogP contribution in [0, 0.1) is 6.92 Å². The molecule has 0 radical (unpaired) electrons. The summed E-state index contributed by atoms with van der Waals surface area (Å²) in [6, 6.07) is 16.2. The molecular formula is C18H16O2. The molecule has 0 bridgehead atoms. The lowest BCUT2D eigenvalue weighted by Crippen LogP contribution is -1.81. The van der Waals surface area contributed by atoms with Crippen molar-refractivity contribution < 1.29 is 9.15 Å². The van der Waals surface area contributed by atoms with E-state index in [0.717, 1.165) is 28.0 Å². The highest BCUT2D eigenvalue weighted by Crippen LogP contribution is 2.22. The second kappa shape index (κ2) is 5.25. The van der Waals surface area contributed by atoms with Crippen molar-refractivity contribution in [3.63, 3.8) is 0 Å². The van der Waals surface area contributed by atoms with Crippen LogP contribution in [0.15, 0.2) is 52.9 Å². The van der Waals surface area contributed by atoms with Gasteiger partial charge in [-0.3, -0.25) is 0 Å². The SMILES string of the molecule is COc1ccc(C=Cc2cc3ccc(C)cc3o2)cc1. The number of hydrogen-bond acceptors (Lipinski definition) is 2. The zero-order valence-corrected chi connectivity index (χ0v) is 11.6. The molecule has 0 amide bonds. The molecule has 0 unspecified atom stereocenters. The molecule has 0 N–H and O–H groups in total. The molecule has 0 aliphatic rings. The Bertz CT molecular complexity index is 749. The zero-order chi connectivity index (χ0) is 13.9. The third-order valence-electron chi connectivity index (χ3n) is 3.25. The molecule has 3 aromatic rings. The van der Waals surface area contributed by atoms with Gasteiger partial charge in [0.15, 0.2) is 0 Å². The molecule has 0 saturated carbocycles. The summed E-state index contributed by atoms with van der Waals surface area (Å²) in [6.07, 6.45) is 4.02. The highest BCUT2D eigenvalue weighted by Gasteiger charge is 2.01. The van der Waals surface area contributed by atoms with Crippen LogP contribution in [-0.4, -0.2) is 7.11 Å². The third kappa shape index (κ3) is 2.59. The van der Waals surface area contributed by atoms with Crippen LogP contribution in [0.2, 0.25) is 0 Å². The summed E-state index contributed by atoms with van der Waals surface area (Å²) < 4.78 is 10.9. The van der Waals surface area contributed by atoms with Gasteiger partial charge in [0.2, 0.25) is 0 Å². The van der Waals surface area contributed by atoms with Crippen LogP contribution in [0.4, 0.5) is 0 Å². The summed E-state index contributed by atoms with van der Waals surface area (Å²) in [5, 5.41) is 1.13. The van der Waals surface area contributed by atoms with Crippen LogP contribution in [0.5, 0.6) is 5.75 Å². The number of furan rings is 1. The van der Waals surface area contributed by atoms with Crippen molar-refractivity contribution in [3.8, 4) is 5.75 Å². The van der Waals surface area contributed by atoms with Crippen molar-refractivity contribution in [2.75, 3.05) is 7.11 Å². The van der Waals surface area contributed by atoms with Gasteiger partial charge >= 0.3 is 0 Å². The van der Waals surface area contributed by atoms with Crippen molar-refractivity contribution in [2.45, 2.75) is 6.92 Å². The van der Waals surface area contributed by atoms with E-state index in [1.54, 1.807) is 7.11 Å². The number of benzene rings is 2. The largest absolute Gasteiger partial charge is 0.497 e. The molecule has 0 fully saturated rings. The van der Waals surface area contributed by atoms with E-state index in [9.17, 15) is 0 Å². The van der Waals surface area contributed by atoms with E-state index in [2.05, 4.69) is 31.2 Å². The van der Waals surface area contributed by atoms with Gasteiger partial charge in [0.05, 0.1) is 7.11 Å². The van der Waals surface area contributed by atoms with Gasteiger partial charge < -0.3 is 9.15 Å². The molecule has 1 aromatic heterocycles. The van der Waals surface area contributed by atoms with Gasteiger partial charge in [-0.1, -0.05) is 30.3 Å². The second-order valence-corrected chi connectivity index (χ2v) is 4.80. The van der Waals surface area contributed by atoms with E-state index in [-0.39, 0.29) is 0 Å². The molecule has 100 valence electrons. The van der Waals surface area contributed by atoms with E-state index >= 15 is 0 Å². The molecule has 0 aliphatic carbocycles. The lowest BCUT2D eigenvalue weighted by molar-refractivity contribution is 0.415. The van der Waals surface area contributed by atoms with Gasteiger partial charge in [-0.05, 0) is 48.4 Å². The molecule has 2 heteroatoms. The molecule has 1 heterocycles. The van der Waals surface area contributed by atoms with E-state index < -0.39 is 0 Å². The predicted octanol–water partition coefficient (Wildman–Crippen LogP) is 4.92. The Hall–Kier alpha value is -2.48. The summed E-state index contributed by atoms with van der Waals surface area (Å²) in [4.78, 5) is 0. The standard InChI is InChI=1S/C18H16O2/c1-13-3-7-15-12-17(20-18(15)11-13)10-6-14-4-8-16(19-2)9-5-14/h3-12H,1-2H3. The molecule has 2 nitrogen and oxygen atoms in total. The minimum atomic E-state index is 0.862. The molecule has 0 spiro atoms. The minimum absolute atomic E-state index is 0.862. The van der Waals surface area contributed by atoms with Crippen LogP contribution in [0.25, 0.3) is 23.1 Å².